The van der Waals surface area contributed by atoms with Gasteiger partial charge in [-0.3, -0.25) is 4.79 Å². The van der Waals surface area contributed by atoms with Crippen LogP contribution in [0.1, 0.15) is 17.2 Å². The number of hydrogen-bond acceptors (Lipinski definition) is 2. The molecule has 0 aliphatic carbocycles. The summed E-state index contributed by atoms with van der Waals surface area (Å²) < 4.78 is 5.81. The molecular formula is C17H13NO2. The van der Waals surface area contributed by atoms with E-state index >= 15 is 0 Å². The molecule has 20 heavy (non-hydrogen) atoms. The molecule has 4 rings (SSSR count). The molecule has 1 atom stereocenters. The highest BCUT2D eigenvalue weighted by Crippen LogP contribution is 2.35. The summed E-state index contributed by atoms with van der Waals surface area (Å²) in [6, 6.07) is 17.8. The number of anilines is 1. The Kier molecular flexibility index (Phi) is 2.39. The maximum atomic E-state index is 12.1. The molecule has 3 heteroatoms. The van der Waals surface area contributed by atoms with Crippen LogP contribution in [0.15, 0.2) is 59.0 Å². The van der Waals surface area contributed by atoms with E-state index in [1.165, 1.54) is 0 Å². The Morgan fingerprint density at radius 1 is 1.05 bits per heavy atom. The normalized spacial score (nSPS) is 17.2. The molecule has 2 aromatic carbocycles. The number of amides is 1. The summed E-state index contributed by atoms with van der Waals surface area (Å²) in [5.41, 5.74) is 2.84. The van der Waals surface area contributed by atoms with Crippen LogP contribution >= 0.6 is 0 Å². The monoisotopic (exact) mass is 263 g/mol. The highest BCUT2D eigenvalue weighted by atomic mass is 16.3. The van der Waals surface area contributed by atoms with Crippen LogP contribution in [0.4, 0.5) is 5.69 Å². The van der Waals surface area contributed by atoms with Crippen LogP contribution in [0.2, 0.25) is 0 Å². The van der Waals surface area contributed by atoms with E-state index in [0.29, 0.717) is 6.42 Å². The second-order valence-corrected chi connectivity index (χ2v) is 5.08. The lowest BCUT2D eigenvalue weighted by atomic mass is 9.96. The highest BCUT2D eigenvalue weighted by Gasteiger charge is 2.31. The Labute approximate surface area is 116 Å². The smallest absolute Gasteiger partial charge is 0.232 e. The number of rotatable bonds is 2. The molecule has 1 N–H and O–H groups in total. The predicted molar refractivity (Wildman–Crippen MR) is 77.7 cm³/mol. The van der Waals surface area contributed by atoms with Crippen molar-refractivity contribution in [2.24, 2.45) is 0 Å². The highest BCUT2D eigenvalue weighted by molar-refractivity contribution is 6.03. The Bertz CT molecular complexity index is 770. The summed E-state index contributed by atoms with van der Waals surface area (Å²) in [4.78, 5) is 12.1. The van der Waals surface area contributed by atoms with Crippen LogP contribution in [0.3, 0.4) is 0 Å². The number of nitrogens with one attached hydrogen (secondary N) is 1. The first kappa shape index (κ1) is 11.3. The van der Waals surface area contributed by atoms with Gasteiger partial charge in [0.25, 0.3) is 0 Å². The molecule has 3 nitrogen and oxygen atoms in total. The minimum Gasteiger partial charge on any atom is -0.461 e. The first-order valence-corrected chi connectivity index (χ1v) is 6.68. The topological polar surface area (TPSA) is 42.2 Å². The molecule has 3 aromatic rings. The van der Waals surface area contributed by atoms with Gasteiger partial charge in [0.2, 0.25) is 5.91 Å². The zero-order valence-corrected chi connectivity index (χ0v) is 10.8. The third-order valence-corrected chi connectivity index (χ3v) is 3.79. The number of fused-ring (bicyclic) bond motifs is 2. The average Bonchev–Trinajstić information content (AvgIpc) is 3.00. The Hall–Kier alpha value is -2.55. The van der Waals surface area contributed by atoms with Gasteiger partial charge in [0, 0.05) is 17.5 Å². The van der Waals surface area contributed by atoms with E-state index in [-0.39, 0.29) is 11.8 Å². The van der Waals surface area contributed by atoms with Gasteiger partial charge in [0.1, 0.15) is 11.3 Å². The van der Waals surface area contributed by atoms with Crippen LogP contribution in [0.5, 0.6) is 0 Å². The number of furan rings is 1. The third-order valence-electron chi connectivity index (χ3n) is 3.79. The molecule has 98 valence electrons. The van der Waals surface area contributed by atoms with Gasteiger partial charge < -0.3 is 9.73 Å². The summed E-state index contributed by atoms with van der Waals surface area (Å²) >= 11 is 0. The van der Waals surface area contributed by atoms with Crippen molar-refractivity contribution in [1.29, 1.82) is 0 Å². The molecule has 0 saturated carbocycles. The lowest BCUT2D eigenvalue weighted by molar-refractivity contribution is -0.117. The van der Waals surface area contributed by atoms with Gasteiger partial charge in [-0.25, -0.2) is 0 Å². The Morgan fingerprint density at radius 2 is 1.85 bits per heavy atom. The molecule has 2 heterocycles. The van der Waals surface area contributed by atoms with Gasteiger partial charge in [-0.05, 0) is 23.8 Å². The van der Waals surface area contributed by atoms with Crippen LogP contribution in [0.25, 0.3) is 11.0 Å². The van der Waals surface area contributed by atoms with Crippen LogP contribution in [0, 0.1) is 0 Å². The van der Waals surface area contributed by atoms with Gasteiger partial charge >= 0.3 is 0 Å². The zero-order valence-electron chi connectivity index (χ0n) is 10.8. The van der Waals surface area contributed by atoms with Crippen molar-refractivity contribution in [3.63, 3.8) is 0 Å². The Balaban J connectivity index is 1.70. The molecule has 0 saturated heterocycles. The summed E-state index contributed by atoms with van der Waals surface area (Å²) in [7, 11) is 0. The van der Waals surface area contributed by atoms with Gasteiger partial charge in [0.15, 0.2) is 0 Å². The third kappa shape index (κ3) is 1.71. The van der Waals surface area contributed by atoms with E-state index < -0.39 is 0 Å². The van der Waals surface area contributed by atoms with Crippen molar-refractivity contribution in [3.8, 4) is 0 Å². The number of carbonyl (C=O) groups is 1. The lowest BCUT2D eigenvalue weighted by Crippen LogP contribution is -2.13. The van der Waals surface area contributed by atoms with E-state index in [9.17, 15) is 4.79 Å². The standard InChI is InChI=1S/C17H13NO2/c19-17-14(13-6-2-3-7-15(13)18-17)10-12-9-11-5-1-4-8-16(11)20-12/h1-9,14H,10H2,(H,18,19)/t14-/m0/s1. The number of carbonyl (C=O) groups excluding carboxylic acids is 1. The number of hydrogen-bond donors (Lipinski definition) is 1. The molecule has 1 aliphatic heterocycles. The van der Waals surface area contributed by atoms with E-state index in [1.54, 1.807) is 0 Å². The van der Waals surface area contributed by atoms with Crippen molar-refractivity contribution in [2.75, 3.05) is 5.32 Å². The minimum atomic E-state index is -0.160. The predicted octanol–water partition coefficient (Wildman–Crippen LogP) is 3.71. The van der Waals surface area contributed by atoms with Crippen LogP contribution in [-0.2, 0) is 11.2 Å². The zero-order chi connectivity index (χ0) is 13.5. The lowest BCUT2D eigenvalue weighted by Gasteiger charge is -2.05. The SMILES string of the molecule is O=C1Nc2ccccc2[C@@H]1Cc1cc2ccccc2o1. The first-order chi connectivity index (χ1) is 9.81. The summed E-state index contributed by atoms with van der Waals surface area (Å²) in [5, 5.41) is 4.00. The first-order valence-electron chi connectivity index (χ1n) is 6.68. The summed E-state index contributed by atoms with van der Waals surface area (Å²) in [5.74, 6) is 0.737. The maximum absolute atomic E-state index is 12.1. The van der Waals surface area contributed by atoms with Crippen molar-refractivity contribution in [1.82, 2.24) is 0 Å². The molecular weight excluding hydrogens is 250 g/mol. The fourth-order valence-electron chi connectivity index (χ4n) is 2.82. The summed E-state index contributed by atoms with van der Waals surface area (Å²) in [6.07, 6.45) is 0.595. The van der Waals surface area contributed by atoms with Gasteiger partial charge in [-0.2, -0.15) is 0 Å². The molecule has 1 aliphatic rings. The molecule has 0 fully saturated rings. The van der Waals surface area contributed by atoms with Gasteiger partial charge in [-0.1, -0.05) is 36.4 Å². The number of para-hydroxylation sites is 2. The molecule has 0 bridgehead atoms. The van der Waals surface area contributed by atoms with E-state index in [4.69, 9.17) is 4.42 Å². The van der Waals surface area contributed by atoms with Gasteiger partial charge in [-0.15, -0.1) is 0 Å². The van der Waals surface area contributed by atoms with E-state index in [1.807, 2.05) is 54.6 Å². The van der Waals surface area contributed by atoms with E-state index in [2.05, 4.69) is 5.32 Å². The molecule has 0 radical (unpaired) electrons. The van der Waals surface area contributed by atoms with E-state index in [0.717, 1.165) is 28.0 Å². The molecule has 1 aromatic heterocycles. The van der Waals surface area contributed by atoms with Crippen molar-refractivity contribution >= 4 is 22.6 Å². The fourth-order valence-corrected chi connectivity index (χ4v) is 2.82. The molecule has 0 spiro atoms. The van der Waals surface area contributed by atoms with Crippen LogP contribution < -0.4 is 5.32 Å². The van der Waals surface area contributed by atoms with Crippen molar-refractivity contribution < 1.29 is 9.21 Å². The van der Waals surface area contributed by atoms with Crippen molar-refractivity contribution in [3.05, 3.63) is 65.9 Å². The Morgan fingerprint density at radius 3 is 2.75 bits per heavy atom. The van der Waals surface area contributed by atoms with Crippen molar-refractivity contribution in [2.45, 2.75) is 12.3 Å². The average molecular weight is 263 g/mol. The molecule has 1 amide bonds. The fraction of sp³-hybridized carbons (Fsp3) is 0.118. The van der Waals surface area contributed by atoms with Gasteiger partial charge in [0.05, 0.1) is 5.92 Å². The molecule has 0 unspecified atom stereocenters. The largest absolute Gasteiger partial charge is 0.461 e. The minimum absolute atomic E-state index is 0.0478. The summed E-state index contributed by atoms with van der Waals surface area (Å²) in [6.45, 7) is 0. The van der Waals surface area contributed by atoms with Crippen LogP contribution in [-0.4, -0.2) is 5.91 Å². The number of benzene rings is 2. The second kappa shape index (κ2) is 4.23. The second-order valence-electron chi connectivity index (χ2n) is 5.08. The maximum Gasteiger partial charge on any atom is 0.232 e. The quantitative estimate of drug-likeness (QED) is 0.765.